The third-order valence-corrected chi connectivity index (χ3v) is 4.66. The van der Waals surface area contributed by atoms with Gasteiger partial charge in [-0.05, 0) is 48.9 Å². The minimum absolute atomic E-state index is 0.0305. The van der Waals surface area contributed by atoms with Crippen LogP contribution in [0.15, 0.2) is 41.3 Å². The summed E-state index contributed by atoms with van der Waals surface area (Å²) in [4.78, 5) is -0.117. The number of aryl methyl sites for hydroxylation is 1. The van der Waals surface area contributed by atoms with Gasteiger partial charge in [-0.3, -0.25) is 4.72 Å². The van der Waals surface area contributed by atoms with Gasteiger partial charge in [-0.15, -0.1) is 0 Å². The van der Waals surface area contributed by atoms with Gasteiger partial charge in [0.1, 0.15) is 10.6 Å². The van der Waals surface area contributed by atoms with E-state index in [1.165, 1.54) is 36.4 Å². The van der Waals surface area contributed by atoms with Crippen molar-refractivity contribution in [1.29, 1.82) is 5.26 Å². The molecule has 2 aromatic rings. The highest BCUT2D eigenvalue weighted by Crippen LogP contribution is 2.26. The van der Waals surface area contributed by atoms with E-state index in [1.54, 1.807) is 6.92 Å². The number of anilines is 1. The maximum atomic E-state index is 12.3. The van der Waals surface area contributed by atoms with E-state index < -0.39 is 10.0 Å². The molecule has 0 aliphatic heterocycles. The van der Waals surface area contributed by atoms with Crippen LogP contribution in [-0.2, 0) is 10.0 Å². The van der Waals surface area contributed by atoms with E-state index in [2.05, 4.69) is 4.72 Å². The molecule has 0 aliphatic carbocycles. The van der Waals surface area contributed by atoms with Crippen LogP contribution >= 0.6 is 11.6 Å². The summed E-state index contributed by atoms with van der Waals surface area (Å²) in [5, 5.41) is 18.2. The van der Waals surface area contributed by atoms with Gasteiger partial charge in [-0.25, -0.2) is 8.42 Å². The summed E-state index contributed by atoms with van der Waals surface area (Å²) in [7, 11) is -3.87. The molecule has 0 radical (unpaired) electrons. The normalized spacial score (nSPS) is 10.9. The van der Waals surface area contributed by atoms with Crippen molar-refractivity contribution >= 4 is 27.3 Å². The van der Waals surface area contributed by atoms with Crippen molar-refractivity contribution in [2.45, 2.75) is 11.8 Å². The lowest BCUT2D eigenvalue weighted by molar-refractivity contribution is 0.471. The van der Waals surface area contributed by atoms with Gasteiger partial charge in [0, 0.05) is 5.69 Å². The lowest BCUT2D eigenvalue weighted by Gasteiger charge is -2.10. The van der Waals surface area contributed by atoms with Crippen molar-refractivity contribution in [2.75, 3.05) is 4.72 Å². The molecule has 0 bridgehead atoms. The Morgan fingerprint density at radius 3 is 2.52 bits per heavy atom. The number of nitriles is 1. The lowest BCUT2D eigenvalue weighted by atomic mass is 10.2. The number of benzene rings is 2. The van der Waals surface area contributed by atoms with Crippen molar-refractivity contribution in [1.82, 2.24) is 0 Å². The summed E-state index contributed by atoms with van der Waals surface area (Å²) in [5.41, 5.74) is 1.13. The SMILES string of the molecule is Cc1cc(NS(=O)(=O)c2ccc(C#N)cc2Cl)ccc1O. The highest BCUT2D eigenvalue weighted by atomic mass is 35.5. The van der Waals surface area contributed by atoms with Gasteiger partial charge in [-0.1, -0.05) is 11.6 Å². The molecule has 0 aliphatic rings. The highest BCUT2D eigenvalue weighted by molar-refractivity contribution is 7.92. The Morgan fingerprint density at radius 2 is 1.95 bits per heavy atom. The molecule has 5 nitrogen and oxygen atoms in total. The van der Waals surface area contributed by atoms with Crippen molar-refractivity contribution in [3.63, 3.8) is 0 Å². The zero-order valence-electron chi connectivity index (χ0n) is 11.0. The Labute approximate surface area is 127 Å². The van der Waals surface area contributed by atoms with Crippen molar-refractivity contribution in [2.24, 2.45) is 0 Å². The molecule has 2 N–H and O–H groups in total. The number of nitrogens with zero attached hydrogens (tertiary/aromatic N) is 1. The fraction of sp³-hybridized carbons (Fsp3) is 0.0714. The molecule has 7 heteroatoms. The first kappa shape index (κ1) is 15.2. The molecule has 2 aromatic carbocycles. The standard InChI is InChI=1S/C14H11ClN2O3S/c1-9-6-11(3-4-13(9)18)17-21(19,20)14-5-2-10(8-16)7-12(14)15/h2-7,17-18H,1H3. The fourth-order valence-electron chi connectivity index (χ4n) is 1.72. The second-order valence-electron chi connectivity index (χ2n) is 4.36. The number of phenols is 1. The quantitative estimate of drug-likeness (QED) is 0.850. The van der Waals surface area contributed by atoms with Crippen LogP contribution in [0, 0.1) is 18.3 Å². The average Bonchev–Trinajstić information content (AvgIpc) is 2.42. The first-order valence-corrected chi connectivity index (χ1v) is 7.71. The molecule has 0 atom stereocenters. The van der Waals surface area contributed by atoms with Crippen LogP contribution in [-0.4, -0.2) is 13.5 Å². The van der Waals surface area contributed by atoms with Gasteiger partial charge in [0.25, 0.3) is 10.0 Å². The zero-order valence-corrected chi connectivity index (χ0v) is 12.5. The summed E-state index contributed by atoms with van der Waals surface area (Å²) in [6.07, 6.45) is 0. The van der Waals surface area contributed by atoms with Crippen molar-refractivity contribution in [3.05, 3.63) is 52.5 Å². The number of rotatable bonds is 3. The molecule has 0 aromatic heterocycles. The molecule has 0 saturated heterocycles. The summed E-state index contributed by atoms with van der Waals surface area (Å²) in [6.45, 7) is 1.65. The third-order valence-electron chi connectivity index (χ3n) is 2.80. The van der Waals surface area contributed by atoms with Crippen LogP contribution in [0.2, 0.25) is 5.02 Å². The topological polar surface area (TPSA) is 90.2 Å². The van der Waals surface area contributed by atoms with E-state index in [4.69, 9.17) is 16.9 Å². The van der Waals surface area contributed by atoms with Gasteiger partial charge in [0.05, 0.1) is 16.7 Å². The first-order chi connectivity index (χ1) is 9.83. The van der Waals surface area contributed by atoms with Crippen LogP contribution in [0.25, 0.3) is 0 Å². The van der Waals surface area contributed by atoms with Crippen molar-refractivity contribution < 1.29 is 13.5 Å². The van der Waals surface area contributed by atoms with E-state index >= 15 is 0 Å². The van der Waals surface area contributed by atoms with Gasteiger partial charge < -0.3 is 5.11 Å². The number of nitrogens with one attached hydrogen (secondary N) is 1. The Balaban J connectivity index is 2.38. The number of aromatic hydroxyl groups is 1. The molecule has 0 unspecified atom stereocenters. The predicted octanol–water partition coefficient (Wildman–Crippen LogP) is 3.03. The van der Waals surface area contributed by atoms with Gasteiger partial charge in [0.15, 0.2) is 0 Å². The van der Waals surface area contributed by atoms with Crippen LogP contribution in [0.4, 0.5) is 5.69 Å². The largest absolute Gasteiger partial charge is 0.508 e. The minimum atomic E-state index is -3.87. The zero-order chi connectivity index (χ0) is 15.6. The molecular weight excluding hydrogens is 312 g/mol. The van der Waals surface area contributed by atoms with E-state index in [9.17, 15) is 13.5 Å². The van der Waals surface area contributed by atoms with Crippen LogP contribution in [0.5, 0.6) is 5.75 Å². The summed E-state index contributed by atoms with van der Waals surface area (Å²) in [6, 6.07) is 10.2. The number of hydrogen-bond acceptors (Lipinski definition) is 4. The first-order valence-electron chi connectivity index (χ1n) is 5.85. The molecule has 2 rings (SSSR count). The van der Waals surface area contributed by atoms with E-state index in [1.807, 2.05) is 6.07 Å². The van der Waals surface area contributed by atoms with E-state index in [0.717, 1.165) is 0 Å². The molecule has 0 amide bonds. The van der Waals surface area contributed by atoms with E-state index in [0.29, 0.717) is 11.3 Å². The molecular formula is C14H11ClN2O3S. The fourth-order valence-corrected chi connectivity index (χ4v) is 3.31. The van der Waals surface area contributed by atoms with Crippen LogP contribution in [0.1, 0.15) is 11.1 Å². The Bertz CT molecular complexity index is 842. The molecule has 0 saturated carbocycles. The highest BCUT2D eigenvalue weighted by Gasteiger charge is 2.18. The number of halogens is 1. The molecule has 108 valence electrons. The minimum Gasteiger partial charge on any atom is -0.508 e. The monoisotopic (exact) mass is 322 g/mol. The summed E-state index contributed by atoms with van der Waals surface area (Å²) < 4.78 is 26.9. The van der Waals surface area contributed by atoms with E-state index in [-0.39, 0.29) is 21.2 Å². The Morgan fingerprint density at radius 1 is 1.24 bits per heavy atom. The Hall–Kier alpha value is -2.23. The predicted molar refractivity (Wildman–Crippen MR) is 79.8 cm³/mol. The molecule has 0 heterocycles. The lowest BCUT2D eigenvalue weighted by Crippen LogP contribution is -2.13. The van der Waals surface area contributed by atoms with Gasteiger partial charge >= 0.3 is 0 Å². The number of hydrogen-bond donors (Lipinski definition) is 2. The van der Waals surface area contributed by atoms with Crippen LogP contribution < -0.4 is 4.72 Å². The second kappa shape index (κ2) is 5.64. The van der Waals surface area contributed by atoms with Crippen LogP contribution in [0.3, 0.4) is 0 Å². The number of phenolic OH excluding ortho intramolecular Hbond substituents is 1. The maximum absolute atomic E-state index is 12.3. The smallest absolute Gasteiger partial charge is 0.263 e. The third kappa shape index (κ3) is 3.27. The molecule has 0 spiro atoms. The Kier molecular flexibility index (Phi) is 4.07. The van der Waals surface area contributed by atoms with Gasteiger partial charge in [-0.2, -0.15) is 5.26 Å². The summed E-state index contributed by atoms with van der Waals surface area (Å²) in [5.74, 6) is 0.0781. The molecule has 21 heavy (non-hydrogen) atoms. The maximum Gasteiger partial charge on any atom is 0.263 e. The average molecular weight is 323 g/mol. The van der Waals surface area contributed by atoms with Crippen molar-refractivity contribution in [3.8, 4) is 11.8 Å². The summed E-state index contributed by atoms with van der Waals surface area (Å²) >= 11 is 5.91. The number of sulfonamides is 1. The van der Waals surface area contributed by atoms with Gasteiger partial charge in [0.2, 0.25) is 0 Å². The molecule has 0 fully saturated rings. The second-order valence-corrected chi connectivity index (χ2v) is 6.42.